The summed E-state index contributed by atoms with van der Waals surface area (Å²) in [6.07, 6.45) is 1.46. The van der Waals surface area contributed by atoms with Crippen molar-refractivity contribution >= 4 is 37.3 Å². The van der Waals surface area contributed by atoms with Crippen LogP contribution in [0.5, 0.6) is 0 Å². The minimum atomic E-state index is -3.51. The Morgan fingerprint density at radius 3 is 2.37 bits per heavy atom. The number of hydrogen-bond acceptors (Lipinski definition) is 4. The lowest BCUT2D eigenvalue weighted by Gasteiger charge is -2.29. The molecule has 0 atom stereocenters. The van der Waals surface area contributed by atoms with Gasteiger partial charge in [0.15, 0.2) is 0 Å². The number of rotatable bonds is 7. The van der Waals surface area contributed by atoms with Crippen LogP contribution in [0.4, 0.5) is 0 Å². The van der Waals surface area contributed by atoms with E-state index in [4.69, 9.17) is 0 Å². The Morgan fingerprint density at radius 2 is 2.00 bits per heavy atom. The zero-order chi connectivity index (χ0) is 14.7. The average molecular weight is 370 g/mol. The Balaban J connectivity index is 2.90. The summed E-state index contributed by atoms with van der Waals surface area (Å²) in [7, 11) is -3.51. The molecular weight excluding hydrogens is 350 g/mol. The second-order valence-corrected chi connectivity index (χ2v) is 9.03. The third kappa shape index (κ3) is 4.01. The van der Waals surface area contributed by atoms with Crippen molar-refractivity contribution in [2.45, 2.75) is 38.5 Å². The summed E-state index contributed by atoms with van der Waals surface area (Å²) in [5.41, 5.74) is -0.381. The number of aliphatic hydroxyl groups excluding tert-OH is 1. The highest BCUT2D eigenvalue weighted by Gasteiger charge is 2.28. The molecule has 1 aromatic rings. The van der Waals surface area contributed by atoms with Crippen LogP contribution in [-0.4, -0.2) is 26.7 Å². The van der Waals surface area contributed by atoms with Gasteiger partial charge in [0, 0.05) is 23.4 Å². The van der Waals surface area contributed by atoms with Crippen molar-refractivity contribution in [3.63, 3.8) is 0 Å². The fraction of sp³-hybridized carbons (Fsp3) is 0.667. The average Bonchev–Trinajstić information content (AvgIpc) is 2.72. The molecule has 2 N–H and O–H groups in total. The lowest BCUT2D eigenvalue weighted by Crippen LogP contribution is -2.39. The maximum atomic E-state index is 12.3. The number of sulfonamides is 1. The standard InChI is InChI=1S/C12H20BrNO3S2/c1-4-12(5-2,8-15)7-14-19(16,17)10-6-11(13)18-9(10)3/h6,14-15H,4-5,7-8H2,1-3H3. The van der Waals surface area contributed by atoms with E-state index in [2.05, 4.69) is 20.7 Å². The third-order valence-corrected chi connectivity index (χ3v) is 6.81. The van der Waals surface area contributed by atoms with Gasteiger partial charge in [-0.2, -0.15) is 0 Å². The second-order valence-electron chi connectivity index (χ2n) is 4.66. The quantitative estimate of drug-likeness (QED) is 0.776. The topological polar surface area (TPSA) is 66.4 Å². The number of aryl methyl sites for hydroxylation is 1. The fourth-order valence-corrected chi connectivity index (χ4v) is 5.37. The molecule has 0 aliphatic carbocycles. The van der Waals surface area contributed by atoms with Gasteiger partial charge in [-0.3, -0.25) is 0 Å². The first-order valence-corrected chi connectivity index (χ1v) is 9.26. The van der Waals surface area contributed by atoms with Gasteiger partial charge in [0.2, 0.25) is 10.0 Å². The van der Waals surface area contributed by atoms with Crippen LogP contribution in [-0.2, 0) is 10.0 Å². The maximum absolute atomic E-state index is 12.3. The Labute approximate surface area is 127 Å². The fourth-order valence-electron chi connectivity index (χ4n) is 1.80. The normalized spacial score (nSPS) is 12.9. The zero-order valence-corrected chi connectivity index (χ0v) is 14.6. The smallest absolute Gasteiger partial charge is 0.241 e. The molecule has 0 radical (unpaired) electrons. The van der Waals surface area contributed by atoms with Crippen molar-refractivity contribution in [2.75, 3.05) is 13.2 Å². The molecule has 1 aromatic heterocycles. The molecule has 0 amide bonds. The van der Waals surface area contributed by atoms with Gasteiger partial charge < -0.3 is 5.11 Å². The Hall–Kier alpha value is 0.0500. The van der Waals surface area contributed by atoms with E-state index < -0.39 is 10.0 Å². The van der Waals surface area contributed by atoms with Crippen LogP contribution in [0.3, 0.4) is 0 Å². The predicted octanol–water partition coefficient (Wildman–Crippen LogP) is 2.90. The van der Waals surface area contributed by atoms with E-state index in [9.17, 15) is 13.5 Å². The Bertz CT molecular complexity index is 513. The SMILES string of the molecule is CCC(CC)(CO)CNS(=O)(=O)c1cc(Br)sc1C. The molecule has 0 saturated heterocycles. The molecule has 1 rings (SSSR count). The number of aliphatic hydroxyl groups is 1. The largest absolute Gasteiger partial charge is 0.396 e. The lowest BCUT2D eigenvalue weighted by molar-refractivity contribution is 0.119. The number of halogens is 1. The molecule has 0 aliphatic rings. The third-order valence-electron chi connectivity index (χ3n) is 3.60. The van der Waals surface area contributed by atoms with E-state index in [1.807, 2.05) is 13.8 Å². The lowest BCUT2D eigenvalue weighted by atomic mass is 9.84. The summed E-state index contributed by atoms with van der Waals surface area (Å²) in [6, 6.07) is 1.61. The molecule has 0 spiro atoms. The molecule has 0 aromatic carbocycles. The van der Waals surface area contributed by atoms with E-state index >= 15 is 0 Å². The van der Waals surface area contributed by atoms with E-state index in [1.165, 1.54) is 11.3 Å². The van der Waals surface area contributed by atoms with Gasteiger partial charge in [0.1, 0.15) is 0 Å². The van der Waals surface area contributed by atoms with Crippen LogP contribution in [0.15, 0.2) is 14.7 Å². The van der Waals surface area contributed by atoms with Gasteiger partial charge in [-0.15, -0.1) is 11.3 Å². The molecule has 0 bridgehead atoms. The zero-order valence-electron chi connectivity index (χ0n) is 11.4. The van der Waals surface area contributed by atoms with Crippen molar-refractivity contribution in [2.24, 2.45) is 5.41 Å². The Morgan fingerprint density at radius 1 is 1.42 bits per heavy atom. The monoisotopic (exact) mass is 369 g/mol. The van der Waals surface area contributed by atoms with E-state index in [0.29, 0.717) is 4.90 Å². The first-order valence-electron chi connectivity index (χ1n) is 6.16. The van der Waals surface area contributed by atoms with Gasteiger partial charge in [0.25, 0.3) is 0 Å². The highest BCUT2D eigenvalue weighted by molar-refractivity contribution is 9.11. The van der Waals surface area contributed by atoms with E-state index in [0.717, 1.165) is 21.5 Å². The minimum absolute atomic E-state index is 0.0190. The first-order chi connectivity index (χ1) is 8.80. The number of hydrogen-bond donors (Lipinski definition) is 2. The predicted molar refractivity (Wildman–Crippen MR) is 82.0 cm³/mol. The summed E-state index contributed by atoms with van der Waals surface area (Å²) in [6.45, 7) is 5.93. The van der Waals surface area contributed by atoms with E-state index in [1.54, 1.807) is 13.0 Å². The van der Waals surface area contributed by atoms with E-state index in [-0.39, 0.29) is 18.6 Å². The van der Waals surface area contributed by atoms with Crippen LogP contribution in [0.1, 0.15) is 31.6 Å². The van der Waals surface area contributed by atoms with Gasteiger partial charge in [-0.25, -0.2) is 13.1 Å². The maximum Gasteiger partial charge on any atom is 0.241 e. The second kappa shape index (κ2) is 6.67. The summed E-state index contributed by atoms with van der Waals surface area (Å²) in [5, 5.41) is 9.46. The van der Waals surface area contributed by atoms with Gasteiger partial charge in [-0.1, -0.05) is 13.8 Å². The summed E-state index contributed by atoms with van der Waals surface area (Å²) in [4.78, 5) is 1.06. The van der Waals surface area contributed by atoms with Gasteiger partial charge >= 0.3 is 0 Å². The Kier molecular flexibility index (Phi) is 6.00. The van der Waals surface area contributed by atoms with Crippen LogP contribution in [0, 0.1) is 12.3 Å². The van der Waals surface area contributed by atoms with Crippen LogP contribution in [0.25, 0.3) is 0 Å². The highest BCUT2D eigenvalue weighted by atomic mass is 79.9. The van der Waals surface area contributed by atoms with Crippen molar-refractivity contribution < 1.29 is 13.5 Å². The first kappa shape index (κ1) is 17.1. The molecule has 0 aliphatic heterocycles. The van der Waals surface area contributed by atoms with Crippen LogP contribution < -0.4 is 4.72 Å². The van der Waals surface area contributed by atoms with Crippen molar-refractivity contribution in [3.8, 4) is 0 Å². The molecule has 0 saturated carbocycles. The van der Waals surface area contributed by atoms with Crippen molar-refractivity contribution in [1.82, 2.24) is 4.72 Å². The summed E-state index contributed by atoms with van der Waals surface area (Å²) < 4.78 is 27.9. The molecular formula is C12H20BrNO3S2. The van der Waals surface area contributed by atoms with Crippen LogP contribution >= 0.6 is 27.3 Å². The molecule has 7 heteroatoms. The molecule has 19 heavy (non-hydrogen) atoms. The molecule has 1 heterocycles. The molecule has 0 unspecified atom stereocenters. The van der Waals surface area contributed by atoms with Gasteiger partial charge in [0.05, 0.1) is 8.68 Å². The van der Waals surface area contributed by atoms with Crippen molar-refractivity contribution in [3.05, 3.63) is 14.7 Å². The highest BCUT2D eigenvalue weighted by Crippen LogP contribution is 2.30. The number of thiophene rings is 1. The summed E-state index contributed by atoms with van der Waals surface area (Å²) >= 11 is 4.69. The summed E-state index contributed by atoms with van der Waals surface area (Å²) in [5.74, 6) is 0. The molecule has 4 nitrogen and oxygen atoms in total. The number of nitrogens with one attached hydrogen (secondary N) is 1. The molecule has 110 valence electrons. The van der Waals surface area contributed by atoms with Gasteiger partial charge in [-0.05, 0) is 41.8 Å². The van der Waals surface area contributed by atoms with Crippen molar-refractivity contribution in [1.29, 1.82) is 0 Å². The molecule has 0 fully saturated rings. The minimum Gasteiger partial charge on any atom is -0.396 e. The van der Waals surface area contributed by atoms with Crippen LogP contribution in [0.2, 0.25) is 0 Å².